The van der Waals surface area contributed by atoms with Gasteiger partial charge in [-0.05, 0) is 36.8 Å². The van der Waals surface area contributed by atoms with Gasteiger partial charge in [-0.1, -0.05) is 0 Å². The molecule has 0 radical (unpaired) electrons. The fourth-order valence-corrected chi connectivity index (χ4v) is 2.82. The van der Waals surface area contributed by atoms with Crippen LogP contribution in [0.25, 0.3) is 0 Å². The van der Waals surface area contributed by atoms with Gasteiger partial charge in [0.2, 0.25) is 0 Å². The summed E-state index contributed by atoms with van der Waals surface area (Å²) in [6.45, 7) is 3.52. The van der Waals surface area contributed by atoms with E-state index in [1.165, 1.54) is 11.3 Å². The van der Waals surface area contributed by atoms with E-state index in [0.29, 0.717) is 11.4 Å². The molecule has 0 saturated carbocycles. The Morgan fingerprint density at radius 2 is 2.59 bits per heavy atom. The SMILES string of the molecule is CC(NCc1ccsc1C(=O)O)C1CCCO1. The fraction of sp³-hybridized carbons (Fsp3) is 0.583. The molecular formula is C12H17NO3S. The third-order valence-corrected chi connectivity index (χ3v) is 4.02. The van der Waals surface area contributed by atoms with Crippen molar-refractivity contribution in [1.29, 1.82) is 0 Å². The second kappa shape index (κ2) is 5.62. The largest absolute Gasteiger partial charge is 0.477 e. The van der Waals surface area contributed by atoms with E-state index in [9.17, 15) is 4.79 Å². The van der Waals surface area contributed by atoms with Gasteiger partial charge in [0, 0.05) is 19.2 Å². The van der Waals surface area contributed by atoms with Gasteiger partial charge in [-0.15, -0.1) is 11.3 Å². The number of carboxylic acids is 1. The number of carbonyl (C=O) groups is 1. The highest BCUT2D eigenvalue weighted by Gasteiger charge is 2.22. The van der Waals surface area contributed by atoms with Gasteiger partial charge in [-0.3, -0.25) is 0 Å². The molecule has 2 heterocycles. The summed E-state index contributed by atoms with van der Waals surface area (Å²) in [5.41, 5.74) is 0.854. The van der Waals surface area contributed by atoms with E-state index in [0.717, 1.165) is 25.0 Å². The summed E-state index contributed by atoms with van der Waals surface area (Å²) in [5, 5.41) is 14.1. The van der Waals surface area contributed by atoms with Gasteiger partial charge in [0.15, 0.2) is 0 Å². The van der Waals surface area contributed by atoms with Gasteiger partial charge in [-0.25, -0.2) is 4.79 Å². The molecule has 1 aromatic rings. The van der Waals surface area contributed by atoms with Crippen LogP contribution in [0, 0.1) is 0 Å². The molecule has 2 N–H and O–H groups in total. The molecule has 5 heteroatoms. The van der Waals surface area contributed by atoms with Crippen LogP contribution in [-0.4, -0.2) is 29.8 Å². The number of nitrogens with one attached hydrogen (secondary N) is 1. The van der Waals surface area contributed by atoms with Crippen molar-refractivity contribution in [2.75, 3.05) is 6.61 Å². The molecule has 1 aliphatic heterocycles. The molecule has 0 aromatic carbocycles. The zero-order valence-electron chi connectivity index (χ0n) is 9.81. The van der Waals surface area contributed by atoms with E-state index in [4.69, 9.17) is 9.84 Å². The summed E-state index contributed by atoms with van der Waals surface area (Å²) in [6.07, 6.45) is 2.47. The zero-order chi connectivity index (χ0) is 12.3. The van der Waals surface area contributed by atoms with Crippen molar-refractivity contribution in [2.45, 2.75) is 38.5 Å². The van der Waals surface area contributed by atoms with Crippen LogP contribution >= 0.6 is 11.3 Å². The lowest BCUT2D eigenvalue weighted by Gasteiger charge is -2.19. The minimum atomic E-state index is -0.846. The number of thiophene rings is 1. The average molecular weight is 255 g/mol. The van der Waals surface area contributed by atoms with Gasteiger partial charge >= 0.3 is 5.97 Å². The summed E-state index contributed by atoms with van der Waals surface area (Å²) >= 11 is 1.27. The number of carboxylic acid groups (broad SMARTS) is 1. The van der Waals surface area contributed by atoms with Crippen LogP contribution in [0.4, 0.5) is 0 Å². The number of rotatable bonds is 5. The summed E-state index contributed by atoms with van der Waals surface area (Å²) in [4.78, 5) is 11.4. The van der Waals surface area contributed by atoms with Gasteiger partial charge < -0.3 is 15.2 Å². The molecule has 1 aliphatic rings. The lowest BCUT2D eigenvalue weighted by Crippen LogP contribution is -2.36. The predicted octanol–water partition coefficient (Wildman–Crippen LogP) is 2.10. The van der Waals surface area contributed by atoms with Crippen molar-refractivity contribution in [2.24, 2.45) is 0 Å². The quantitative estimate of drug-likeness (QED) is 0.846. The van der Waals surface area contributed by atoms with E-state index < -0.39 is 5.97 Å². The Morgan fingerprint density at radius 1 is 1.76 bits per heavy atom. The van der Waals surface area contributed by atoms with Crippen molar-refractivity contribution in [3.05, 3.63) is 21.9 Å². The maximum Gasteiger partial charge on any atom is 0.346 e. The van der Waals surface area contributed by atoms with Crippen molar-refractivity contribution < 1.29 is 14.6 Å². The molecule has 94 valence electrons. The first kappa shape index (κ1) is 12.5. The smallest absolute Gasteiger partial charge is 0.346 e. The Labute approximate surface area is 105 Å². The molecule has 1 aromatic heterocycles. The highest BCUT2D eigenvalue weighted by molar-refractivity contribution is 7.12. The lowest BCUT2D eigenvalue weighted by molar-refractivity contribution is 0.0700. The second-order valence-corrected chi connectivity index (χ2v) is 5.22. The standard InChI is InChI=1S/C12H17NO3S/c1-8(10-3-2-5-16-10)13-7-9-4-6-17-11(9)12(14)15/h4,6,8,10,13H,2-3,5,7H2,1H3,(H,14,15). The molecule has 1 fully saturated rings. The van der Waals surface area contributed by atoms with Crippen LogP contribution in [0.1, 0.15) is 35.0 Å². The van der Waals surface area contributed by atoms with Gasteiger partial charge in [0.25, 0.3) is 0 Å². The van der Waals surface area contributed by atoms with Crippen molar-refractivity contribution in [1.82, 2.24) is 5.32 Å². The fourth-order valence-electron chi connectivity index (χ4n) is 2.06. The second-order valence-electron chi connectivity index (χ2n) is 4.30. The third kappa shape index (κ3) is 3.06. The Bertz CT molecular complexity index is 385. The van der Waals surface area contributed by atoms with Crippen LogP contribution in [0.3, 0.4) is 0 Å². The van der Waals surface area contributed by atoms with Gasteiger partial charge in [-0.2, -0.15) is 0 Å². The van der Waals surface area contributed by atoms with Crippen molar-refractivity contribution >= 4 is 17.3 Å². The van der Waals surface area contributed by atoms with Crippen LogP contribution in [0.5, 0.6) is 0 Å². The summed E-state index contributed by atoms with van der Waals surface area (Å²) < 4.78 is 5.59. The number of hydrogen-bond donors (Lipinski definition) is 2. The molecule has 0 aliphatic carbocycles. The predicted molar refractivity (Wildman–Crippen MR) is 66.6 cm³/mol. The minimum absolute atomic E-state index is 0.263. The number of ether oxygens (including phenoxy) is 1. The first-order valence-electron chi connectivity index (χ1n) is 5.83. The van der Waals surface area contributed by atoms with Crippen molar-refractivity contribution in [3.63, 3.8) is 0 Å². The van der Waals surface area contributed by atoms with E-state index in [1.807, 2.05) is 11.4 Å². The maximum atomic E-state index is 10.9. The lowest BCUT2D eigenvalue weighted by atomic mass is 10.1. The van der Waals surface area contributed by atoms with Gasteiger partial charge in [0.05, 0.1) is 6.10 Å². The first-order valence-corrected chi connectivity index (χ1v) is 6.71. The van der Waals surface area contributed by atoms with Gasteiger partial charge in [0.1, 0.15) is 4.88 Å². The molecule has 0 bridgehead atoms. The molecule has 4 nitrogen and oxygen atoms in total. The Kier molecular flexibility index (Phi) is 4.15. The Hall–Kier alpha value is -0.910. The first-order chi connectivity index (χ1) is 8.18. The monoisotopic (exact) mass is 255 g/mol. The summed E-state index contributed by atoms with van der Waals surface area (Å²) in [5.74, 6) is -0.846. The van der Waals surface area contributed by atoms with Crippen LogP contribution in [-0.2, 0) is 11.3 Å². The summed E-state index contributed by atoms with van der Waals surface area (Å²) in [6, 6.07) is 2.13. The molecule has 17 heavy (non-hydrogen) atoms. The van der Waals surface area contributed by atoms with Crippen molar-refractivity contribution in [3.8, 4) is 0 Å². The number of hydrogen-bond acceptors (Lipinski definition) is 4. The van der Waals surface area contributed by atoms with E-state index in [1.54, 1.807) is 0 Å². The molecule has 1 saturated heterocycles. The van der Waals surface area contributed by atoms with Crippen LogP contribution in [0.15, 0.2) is 11.4 Å². The third-order valence-electron chi connectivity index (χ3n) is 3.08. The van der Waals surface area contributed by atoms with Crippen LogP contribution in [0.2, 0.25) is 0 Å². The molecule has 2 rings (SSSR count). The normalized spacial score (nSPS) is 21.6. The Balaban J connectivity index is 1.88. The topological polar surface area (TPSA) is 58.6 Å². The number of aromatic carboxylic acids is 1. The highest BCUT2D eigenvalue weighted by Crippen LogP contribution is 2.19. The maximum absolute atomic E-state index is 10.9. The molecular weight excluding hydrogens is 238 g/mol. The van der Waals surface area contributed by atoms with Crippen LogP contribution < -0.4 is 5.32 Å². The van der Waals surface area contributed by atoms with E-state index in [2.05, 4.69) is 12.2 Å². The molecule has 0 spiro atoms. The highest BCUT2D eigenvalue weighted by atomic mass is 32.1. The molecule has 2 atom stereocenters. The molecule has 2 unspecified atom stereocenters. The van der Waals surface area contributed by atoms with E-state index >= 15 is 0 Å². The van der Waals surface area contributed by atoms with E-state index in [-0.39, 0.29) is 12.1 Å². The minimum Gasteiger partial charge on any atom is -0.477 e. The Morgan fingerprint density at radius 3 is 3.24 bits per heavy atom. The average Bonchev–Trinajstić information content (AvgIpc) is 2.96. The zero-order valence-corrected chi connectivity index (χ0v) is 10.6. The molecule has 0 amide bonds. The summed E-state index contributed by atoms with van der Waals surface area (Å²) in [7, 11) is 0.